The van der Waals surface area contributed by atoms with Crippen molar-refractivity contribution < 1.29 is 13.2 Å². The highest BCUT2D eigenvalue weighted by Gasteiger charge is 2.35. The van der Waals surface area contributed by atoms with Gasteiger partial charge in [-0.3, -0.25) is 0 Å². The fraction of sp³-hybridized carbons (Fsp3) is 0.609. The van der Waals surface area contributed by atoms with E-state index in [4.69, 9.17) is 9.72 Å². The molecule has 1 aliphatic heterocycles. The average molecular weight is 458 g/mol. The zero-order chi connectivity index (χ0) is 22.3. The normalized spacial score (nSPS) is 25.1. The van der Waals surface area contributed by atoms with Crippen LogP contribution in [0.3, 0.4) is 0 Å². The Morgan fingerprint density at radius 1 is 1.16 bits per heavy atom. The summed E-state index contributed by atoms with van der Waals surface area (Å²) in [7, 11) is -1.54. The Hall–Kier alpha value is -2.10. The molecule has 1 unspecified atom stereocenters. The minimum atomic E-state index is -3.22. The molecule has 2 fully saturated rings. The van der Waals surface area contributed by atoms with E-state index in [9.17, 15) is 8.42 Å². The topological polar surface area (TPSA) is 101 Å². The van der Waals surface area contributed by atoms with Gasteiger partial charge in [-0.1, -0.05) is 0 Å². The summed E-state index contributed by atoms with van der Waals surface area (Å²) < 4.78 is 32.9. The van der Waals surface area contributed by atoms with E-state index < -0.39 is 10.0 Å². The lowest BCUT2D eigenvalue weighted by Crippen LogP contribution is -2.35. The van der Waals surface area contributed by atoms with E-state index in [0.717, 1.165) is 65.6 Å². The lowest BCUT2D eigenvalue weighted by Gasteiger charge is -2.30. The van der Waals surface area contributed by atoms with Gasteiger partial charge in [0.05, 0.1) is 29.8 Å². The molecule has 3 aromatic rings. The SMILES string of the molecule is COCC1CCN(S(=O)(=O)CC2CCC(c3nc(C)nc4cnc5[nH]ccc5c34)CC2)C1. The Balaban J connectivity index is 1.30. The van der Waals surface area contributed by atoms with Crippen LogP contribution in [0.4, 0.5) is 0 Å². The van der Waals surface area contributed by atoms with Gasteiger partial charge >= 0.3 is 0 Å². The molecule has 5 rings (SSSR count). The largest absolute Gasteiger partial charge is 0.384 e. The maximum absolute atomic E-state index is 13.0. The van der Waals surface area contributed by atoms with Crippen LogP contribution in [0.1, 0.15) is 49.5 Å². The van der Waals surface area contributed by atoms with Gasteiger partial charge < -0.3 is 9.72 Å². The average Bonchev–Trinajstić information content (AvgIpc) is 3.43. The predicted octanol–water partition coefficient (Wildman–Crippen LogP) is 3.39. The number of sulfonamides is 1. The minimum absolute atomic E-state index is 0.209. The molecule has 1 N–H and O–H groups in total. The summed E-state index contributed by atoms with van der Waals surface area (Å²) in [5.74, 6) is 1.86. The molecule has 1 atom stereocenters. The Morgan fingerprint density at radius 3 is 2.75 bits per heavy atom. The van der Waals surface area contributed by atoms with E-state index in [2.05, 4.69) is 15.0 Å². The molecule has 0 bridgehead atoms. The third-order valence-electron chi connectivity index (χ3n) is 7.11. The van der Waals surface area contributed by atoms with Crippen molar-refractivity contribution in [3.8, 4) is 0 Å². The number of nitrogens with one attached hydrogen (secondary N) is 1. The molecule has 4 heterocycles. The van der Waals surface area contributed by atoms with Crippen molar-refractivity contribution in [1.29, 1.82) is 0 Å². The number of rotatable bonds is 6. The van der Waals surface area contributed by atoms with Gasteiger partial charge in [-0.25, -0.2) is 27.7 Å². The van der Waals surface area contributed by atoms with Crippen molar-refractivity contribution in [3.63, 3.8) is 0 Å². The van der Waals surface area contributed by atoms with Crippen molar-refractivity contribution >= 4 is 32.0 Å². The van der Waals surface area contributed by atoms with Crippen LogP contribution in [0.5, 0.6) is 0 Å². The number of ether oxygens (including phenoxy) is 1. The van der Waals surface area contributed by atoms with Crippen LogP contribution < -0.4 is 0 Å². The first kappa shape index (κ1) is 21.7. The van der Waals surface area contributed by atoms with Gasteiger partial charge in [-0.05, 0) is 56.9 Å². The van der Waals surface area contributed by atoms with E-state index >= 15 is 0 Å². The van der Waals surface area contributed by atoms with Crippen molar-refractivity contribution in [2.75, 3.05) is 32.6 Å². The molecule has 9 heteroatoms. The van der Waals surface area contributed by atoms with Crippen molar-refractivity contribution in [1.82, 2.24) is 24.2 Å². The zero-order valence-electron chi connectivity index (χ0n) is 18.7. The van der Waals surface area contributed by atoms with E-state index in [1.165, 1.54) is 0 Å². The monoisotopic (exact) mass is 457 g/mol. The van der Waals surface area contributed by atoms with Gasteiger partial charge in [0.25, 0.3) is 0 Å². The molecule has 32 heavy (non-hydrogen) atoms. The fourth-order valence-corrected chi connectivity index (χ4v) is 7.47. The van der Waals surface area contributed by atoms with Gasteiger partial charge in [0.2, 0.25) is 10.0 Å². The molecular formula is C23H31N5O3S. The summed E-state index contributed by atoms with van der Waals surface area (Å²) in [4.78, 5) is 17.1. The summed E-state index contributed by atoms with van der Waals surface area (Å²) in [5.41, 5.74) is 2.81. The van der Waals surface area contributed by atoms with Gasteiger partial charge in [-0.2, -0.15) is 0 Å². The summed E-state index contributed by atoms with van der Waals surface area (Å²) in [6, 6.07) is 2.04. The summed E-state index contributed by atoms with van der Waals surface area (Å²) in [6.07, 6.45) is 8.33. The van der Waals surface area contributed by atoms with Crippen LogP contribution in [0.2, 0.25) is 0 Å². The van der Waals surface area contributed by atoms with Gasteiger partial charge in [0.15, 0.2) is 0 Å². The summed E-state index contributed by atoms with van der Waals surface area (Å²) >= 11 is 0. The van der Waals surface area contributed by atoms with Crippen molar-refractivity contribution in [3.05, 3.63) is 30.0 Å². The molecule has 1 saturated carbocycles. The van der Waals surface area contributed by atoms with Gasteiger partial charge in [0, 0.05) is 43.1 Å². The van der Waals surface area contributed by atoms with Crippen LogP contribution in [0, 0.1) is 18.8 Å². The highest BCUT2D eigenvalue weighted by Crippen LogP contribution is 2.40. The first-order chi connectivity index (χ1) is 15.4. The lowest BCUT2D eigenvalue weighted by molar-refractivity contribution is 0.157. The van der Waals surface area contributed by atoms with E-state index in [1.807, 2.05) is 25.4 Å². The van der Waals surface area contributed by atoms with Crippen LogP contribution in [-0.4, -0.2) is 65.2 Å². The number of H-pyrrole nitrogens is 1. The zero-order valence-corrected chi connectivity index (χ0v) is 19.6. The van der Waals surface area contributed by atoms with Crippen LogP contribution in [-0.2, 0) is 14.8 Å². The fourth-order valence-electron chi connectivity index (χ4n) is 5.50. The molecule has 0 amide bonds. The van der Waals surface area contributed by atoms with E-state index in [-0.39, 0.29) is 11.7 Å². The summed E-state index contributed by atoms with van der Waals surface area (Å²) in [5, 5.41) is 2.14. The Kier molecular flexibility index (Phi) is 5.90. The molecule has 3 aromatic heterocycles. The number of methoxy groups -OCH3 is 1. The van der Waals surface area contributed by atoms with Crippen molar-refractivity contribution in [2.24, 2.45) is 11.8 Å². The second kappa shape index (κ2) is 8.68. The first-order valence-corrected chi connectivity index (χ1v) is 13.1. The van der Waals surface area contributed by atoms with E-state index in [0.29, 0.717) is 31.5 Å². The molecule has 2 aliphatic rings. The molecule has 172 valence electrons. The highest BCUT2D eigenvalue weighted by molar-refractivity contribution is 7.89. The molecule has 1 saturated heterocycles. The number of hydrogen-bond acceptors (Lipinski definition) is 6. The van der Waals surface area contributed by atoms with Crippen LogP contribution in [0.15, 0.2) is 18.5 Å². The molecule has 8 nitrogen and oxygen atoms in total. The van der Waals surface area contributed by atoms with Crippen LogP contribution >= 0.6 is 0 Å². The minimum Gasteiger partial charge on any atom is -0.384 e. The highest BCUT2D eigenvalue weighted by atomic mass is 32.2. The maximum Gasteiger partial charge on any atom is 0.214 e. The number of pyridine rings is 1. The number of hydrogen-bond donors (Lipinski definition) is 1. The molecule has 0 radical (unpaired) electrons. The Bertz CT molecular complexity index is 1220. The number of aryl methyl sites for hydroxylation is 1. The smallest absolute Gasteiger partial charge is 0.214 e. The third-order valence-corrected chi connectivity index (χ3v) is 9.12. The van der Waals surface area contributed by atoms with Crippen molar-refractivity contribution in [2.45, 2.75) is 44.9 Å². The Labute approximate surface area is 188 Å². The molecule has 0 spiro atoms. The standard InChI is InChI=1S/C23H31N5O3S/c1-15-26-20-11-25-23-19(7-9-24-23)21(20)22(27-15)18-5-3-16(4-6-18)14-32(29,30)28-10-8-17(12-28)13-31-2/h7,9,11,16-18H,3-6,8,10,12-14H2,1-2H3,(H,24,25). The second-order valence-electron chi connectivity index (χ2n) is 9.38. The third kappa shape index (κ3) is 4.13. The lowest BCUT2D eigenvalue weighted by atomic mass is 9.80. The number of aromatic nitrogens is 4. The second-order valence-corrected chi connectivity index (χ2v) is 11.4. The maximum atomic E-state index is 13.0. The van der Waals surface area contributed by atoms with Gasteiger partial charge in [0.1, 0.15) is 11.5 Å². The number of nitrogens with zero attached hydrogens (tertiary/aromatic N) is 4. The molecule has 1 aliphatic carbocycles. The Morgan fingerprint density at radius 2 is 1.97 bits per heavy atom. The number of fused-ring (bicyclic) bond motifs is 3. The van der Waals surface area contributed by atoms with Gasteiger partial charge in [-0.15, -0.1) is 0 Å². The van der Waals surface area contributed by atoms with Crippen LogP contribution in [0.25, 0.3) is 21.9 Å². The molecular weight excluding hydrogens is 426 g/mol. The quantitative estimate of drug-likeness (QED) is 0.609. The summed E-state index contributed by atoms with van der Waals surface area (Å²) in [6.45, 7) is 3.78. The first-order valence-electron chi connectivity index (χ1n) is 11.5. The molecule has 0 aromatic carbocycles. The number of aromatic amines is 1. The van der Waals surface area contributed by atoms with E-state index in [1.54, 1.807) is 11.4 Å². The predicted molar refractivity (Wildman–Crippen MR) is 124 cm³/mol.